The molecular weight excluding hydrogens is 401 g/mol. The molecule has 0 radical (unpaired) electrons. The molecule has 3 rings (SSSR count). The number of rotatable bonds is 5. The molecule has 0 aliphatic heterocycles. The first-order chi connectivity index (χ1) is 13.3. The van der Waals surface area contributed by atoms with Crippen molar-refractivity contribution in [2.75, 3.05) is 6.73 Å². The van der Waals surface area contributed by atoms with Crippen molar-refractivity contribution < 1.29 is 15.0 Å². The largest absolute Gasteiger partial charge is 0.504 e. The van der Waals surface area contributed by atoms with E-state index in [1.54, 1.807) is 62.4 Å². The van der Waals surface area contributed by atoms with Gasteiger partial charge in [-0.2, -0.15) is 5.10 Å². The third kappa shape index (κ3) is 3.71. The lowest BCUT2D eigenvalue weighted by Gasteiger charge is -2.23. The molecule has 0 aliphatic carbocycles. The van der Waals surface area contributed by atoms with Crippen LogP contribution in [0.5, 0.6) is 5.75 Å². The van der Waals surface area contributed by atoms with E-state index in [2.05, 4.69) is 5.10 Å². The molecule has 3 aromatic rings. The van der Waals surface area contributed by atoms with Gasteiger partial charge in [-0.25, -0.2) is 4.68 Å². The monoisotopic (exact) mass is 419 g/mol. The van der Waals surface area contributed by atoms with Gasteiger partial charge in [-0.05, 0) is 38.1 Å². The van der Waals surface area contributed by atoms with Gasteiger partial charge in [0.1, 0.15) is 12.4 Å². The zero-order valence-electron chi connectivity index (χ0n) is 15.3. The summed E-state index contributed by atoms with van der Waals surface area (Å²) in [5.41, 5.74) is 1.24. The van der Waals surface area contributed by atoms with Crippen molar-refractivity contribution in [3.8, 4) is 22.7 Å². The number of aromatic hydroxyl groups is 1. The number of amides is 1. The van der Waals surface area contributed by atoms with E-state index in [0.717, 1.165) is 0 Å². The number of carbonyl (C=O) groups is 1. The molecule has 0 aliphatic rings. The van der Waals surface area contributed by atoms with Gasteiger partial charge in [0, 0.05) is 16.6 Å². The van der Waals surface area contributed by atoms with E-state index in [9.17, 15) is 15.0 Å². The van der Waals surface area contributed by atoms with E-state index in [-0.39, 0.29) is 17.5 Å². The van der Waals surface area contributed by atoms with Crippen molar-refractivity contribution in [1.29, 1.82) is 0 Å². The molecule has 28 heavy (non-hydrogen) atoms. The van der Waals surface area contributed by atoms with E-state index in [1.165, 1.54) is 9.58 Å². The number of aliphatic hydroxyl groups is 1. The second-order valence-corrected chi connectivity index (χ2v) is 7.27. The Labute approximate surface area is 172 Å². The second-order valence-electron chi connectivity index (χ2n) is 6.43. The predicted octanol–water partition coefficient (Wildman–Crippen LogP) is 4.35. The molecule has 1 heterocycles. The average Bonchev–Trinajstić information content (AvgIpc) is 3.00. The molecule has 6 nitrogen and oxygen atoms in total. The minimum Gasteiger partial charge on any atom is -0.504 e. The normalized spacial score (nSPS) is 11.1. The Morgan fingerprint density at radius 2 is 1.79 bits per heavy atom. The smallest absolute Gasteiger partial charge is 0.280 e. The number of aromatic nitrogens is 2. The Balaban J connectivity index is 2.25. The quantitative estimate of drug-likeness (QED) is 0.602. The predicted molar refractivity (Wildman–Crippen MR) is 109 cm³/mol. The fourth-order valence-electron chi connectivity index (χ4n) is 2.82. The van der Waals surface area contributed by atoms with Crippen LogP contribution in [0.4, 0.5) is 0 Å². The molecule has 0 fully saturated rings. The summed E-state index contributed by atoms with van der Waals surface area (Å²) < 4.78 is 1.42. The molecule has 1 amide bonds. The van der Waals surface area contributed by atoms with Gasteiger partial charge in [0.15, 0.2) is 11.4 Å². The third-order valence-corrected chi connectivity index (χ3v) is 4.87. The average molecular weight is 420 g/mol. The number of para-hydroxylation sites is 1. The highest BCUT2D eigenvalue weighted by atomic mass is 35.5. The number of carbonyl (C=O) groups excluding carboxylic acids is 1. The molecule has 0 unspecified atom stereocenters. The lowest BCUT2D eigenvalue weighted by molar-refractivity contribution is 0.0454. The van der Waals surface area contributed by atoms with Gasteiger partial charge < -0.3 is 15.1 Å². The summed E-state index contributed by atoms with van der Waals surface area (Å²) in [7, 11) is 0. The summed E-state index contributed by atoms with van der Waals surface area (Å²) in [6.45, 7) is 3.03. The molecule has 0 spiro atoms. The maximum atomic E-state index is 12.9. The number of halogens is 2. The van der Waals surface area contributed by atoms with Crippen LogP contribution >= 0.6 is 23.2 Å². The maximum absolute atomic E-state index is 12.9. The number of benzene rings is 2. The fraction of sp³-hybridized carbons (Fsp3) is 0.200. The van der Waals surface area contributed by atoms with Gasteiger partial charge in [0.2, 0.25) is 0 Å². The Hall–Kier alpha value is -2.54. The lowest BCUT2D eigenvalue weighted by Crippen LogP contribution is -2.37. The van der Waals surface area contributed by atoms with Crippen molar-refractivity contribution >= 4 is 29.1 Å². The molecule has 2 aromatic carbocycles. The highest BCUT2D eigenvalue weighted by molar-refractivity contribution is 6.32. The van der Waals surface area contributed by atoms with Crippen LogP contribution in [-0.2, 0) is 0 Å². The zero-order valence-corrected chi connectivity index (χ0v) is 16.8. The molecule has 0 saturated heterocycles. The Morgan fingerprint density at radius 3 is 2.36 bits per heavy atom. The SMILES string of the molecule is CC(C)N(CO)C(=O)c1nn(-c2ccccc2Cl)c(-c2ccc(Cl)cc2)c1O. The number of aliphatic hydroxyl groups excluding tert-OH is 1. The van der Waals surface area contributed by atoms with E-state index in [1.807, 2.05) is 0 Å². The first-order valence-electron chi connectivity index (χ1n) is 8.59. The Bertz CT molecular complexity index is 1000. The highest BCUT2D eigenvalue weighted by Crippen LogP contribution is 2.37. The van der Waals surface area contributed by atoms with Crippen molar-refractivity contribution in [3.63, 3.8) is 0 Å². The van der Waals surface area contributed by atoms with Gasteiger partial charge in [0.25, 0.3) is 5.91 Å². The van der Waals surface area contributed by atoms with E-state index < -0.39 is 12.6 Å². The highest BCUT2D eigenvalue weighted by Gasteiger charge is 2.29. The van der Waals surface area contributed by atoms with Gasteiger partial charge >= 0.3 is 0 Å². The van der Waals surface area contributed by atoms with Crippen LogP contribution in [0, 0.1) is 0 Å². The summed E-state index contributed by atoms with van der Waals surface area (Å²) in [5.74, 6) is -0.887. The van der Waals surface area contributed by atoms with E-state index in [0.29, 0.717) is 27.0 Å². The first-order valence-corrected chi connectivity index (χ1v) is 9.35. The molecule has 1 aromatic heterocycles. The van der Waals surface area contributed by atoms with E-state index in [4.69, 9.17) is 23.2 Å². The van der Waals surface area contributed by atoms with Crippen molar-refractivity contribution in [2.45, 2.75) is 19.9 Å². The lowest BCUT2D eigenvalue weighted by atomic mass is 10.1. The van der Waals surface area contributed by atoms with Gasteiger partial charge in [-0.3, -0.25) is 4.79 Å². The Morgan fingerprint density at radius 1 is 1.14 bits per heavy atom. The van der Waals surface area contributed by atoms with Crippen LogP contribution in [0.2, 0.25) is 10.0 Å². The zero-order chi connectivity index (χ0) is 20.4. The van der Waals surface area contributed by atoms with Crippen LogP contribution in [0.15, 0.2) is 48.5 Å². The van der Waals surface area contributed by atoms with E-state index >= 15 is 0 Å². The molecule has 0 bridgehead atoms. The summed E-state index contributed by atoms with van der Waals surface area (Å²) in [6, 6.07) is 13.5. The van der Waals surface area contributed by atoms with Crippen molar-refractivity contribution in [3.05, 3.63) is 64.3 Å². The minimum atomic E-state index is -0.587. The van der Waals surface area contributed by atoms with Crippen LogP contribution in [-0.4, -0.2) is 43.6 Å². The summed E-state index contributed by atoms with van der Waals surface area (Å²) in [5, 5.41) is 25.7. The number of nitrogens with zero attached hydrogens (tertiary/aromatic N) is 3. The maximum Gasteiger partial charge on any atom is 0.280 e. The van der Waals surface area contributed by atoms with Crippen LogP contribution < -0.4 is 0 Å². The molecule has 0 saturated carbocycles. The fourth-order valence-corrected chi connectivity index (χ4v) is 3.16. The third-order valence-electron chi connectivity index (χ3n) is 4.30. The number of hydrogen-bond acceptors (Lipinski definition) is 4. The minimum absolute atomic E-state index is 0.174. The first kappa shape index (κ1) is 20.2. The van der Waals surface area contributed by atoms with Crippen LogP contribution in [0.1, 0.15) is 24.3 Å². The van der Waals surface area contributed by atoms with Crippen LogP contribution in [0.3, 0.4) is 0 Å². The summed E-state index contributed by atoms with van der Waals surface area (Å²) >= 11 is 12.3. The molecule has 8 heteroatoms. The van der Waals surface area contributed by atoms with Crippen molar-refractivity contribution in [1.82, 2.24) is 14.7 Å². The van der Waals surface area contributed by atoms with Gasteiger partial charge in [-0.15, -0.1) is 0 Å². The molecule has 2 N–H and O–H groups in total. The molecule has 0 atom stereocenters. The van der Waals surface area contributed by atoms with Crippen LogP contribution in [0.25, 0.3) is 16.9 Å². The Kier molecular flexibility index (Phi) is 5.93. The van der Waals surface area contributed by atoms with Gasteiger partial charge in [0.05, 0.1) is 10.7 Å². The summed E-state index contributed by atoms with van der Waals surface area (Å²) in [4.78, 5) is 14.1. The standard InChI is InChI=1S/C20H19Cl2N3O3/c1-12(2)24(11-26)20(28)17-19(27)18(13-7-9-14(21)10-8-13)25(23-17)16-6-4-3-5-15(16)22/h3-10,12,26-27H,11H2,1-2H3. The molecule has 146 valence electrons. The number of hydrogen-bond donors (Lipinski definition) is 2. The summed E-state index contributed by atoms with van der Waals surface area (Å²) in [6.07, 6.45) is 0. The van der Waals surface area contributed by atoms with Gasteiger partial charge in [-0.1, -0.05) is 47.5 Å². The molecular formula is C20H19Cl2N3O3. The second kappa shape index (κ2) is 8.22. The topological polar surface area (TPSA) is 78.6 Å². The van der Waals surface area contributed by atoms with Crippen molar-refractivity contribution in [2.24, 2.45) is 0 Å².